The summed E-state index contributed by atoms with van der Waals surface area (Å²) < 4.78 is 21.4. The number of hydrogen-bond donors (Lipinski definition) is 1. The minimum absolute atomic E-state index is 0.0552. The number of fused-ring (bicyclic) bond motifs is 1. The lowest BCUT2D eigenvalue weighted by Gasteiger charge is -2.32. The average Bonchev–Trinajstić information content (AvgIpc) is 3.29. The number of ether oxygens (including phenoxy) is 1. The first kappa shape index (κ1) is 24.4. The Kier molecular flexibility index (Phi) is 7.02. The third kappa shape index (κ3) is 4.85. The minimum Gasteiger partial charge on any atom is -0.383 e. The van der Waals surface area contributed by atoms with Crippen molar-refractivity contribution < 1.29 is 13.9 Å². The highest BCUT2D eigenvalue weighted by Crippen LogP contribution is 2.34. The molecular weight excluding hydrogens is 483 g/mol. The molecule has 8 nitrogen and oxygen atoms in total. The quantitative estimate of drug-likeness (QED) is 0.467. The van der Waals surface area contributed by atoms with Gasteiger partial charge in [-0.3, -0.25) is 4.79 Å². The van der Waals surface area contributed by atoms with Gasteiger partial charge >= 0.3 is 0 Å². The minimum atomic E-state index is -0.976. The van der Waals surface area contributed by atoms with E-state index in [0.717, 1.165) is 24.0 Å². The van der Waals surface area contributed by atoms with E-state index in [0.29, 0.717) is 42.1 Å². The number of likely N-dealkylation sites (tertiary alicyclic amines) is 1. The molecule has 1 aliphatic heterocycles. The number of allylic oxidation sites excluding steroid dienone is 4. The lowest BCUT2D eigenvalue weighted by atomic mass is 10.00. The fourth-order valence-electron chi connectivity index (χ4n) is 4.86. The molecule has 188 valence electrons. The first-order valence-electron chi connectivity index (χ1n) is 12.0. The topological polar surface area (TPSA) is 99.2 Å². The molecule has 36 heavy (non-hydrogen) atoms. The summed E-state index contributed by atoms with van der Waals surface area (Å²) in [5.74, 6) is 0.229. The van der Waals surface area contributed by atoms with Crippen LogP contribution in [0.1, 0.15) is 31.0 Å². The molecule has 1 saturated heterocycles. The third-order valence-corrected chi connectivity index (χ3v) is 7.04. The van der Waals surface area contributed by atoms with Gasteiger partial charge in [-0.2, -0.15) is 5.10 Å². The van der Waals surface area contributed by atoms with E-state index in [1.54, 1.807) is 11.0 Å². The summed E-state index contributed by atoms with van der Waals surface area (Å²) >= 11 is 6.68. The normalized spacial score (nSPS) is 26.1. The van der Waals surface area contributed by atoms with Crippen LogP contribution in [0.25, 0.3) is 16.6 Å². The zero-order valence-electron chi connectivity index (χ0n) is 19.8. The van der Waals surface area contributed by atoms with Crippen molar-refractivity contribution >= 4 is 39.9 Å². The fraction of sp³-hybridized carbons (Fsp3) is 0.385. The van der Waals surface area contributed by atoms with Crippen molar-refractivity contribution in [2.24, 2.45) is 0 Å². The fourth-order valence-corrected chi connectivity index (χ4v) is 5.15. The molecule has 4 atom stereocenters. The Labute approximate surface area is 213 Å². The second kappa shape index (κ2) is 10.4. The molecule has 2 aromatic rings. The summed E-state index contributed by atoms with van der Waals surface area (Å²) in [6.45, 7) is 5.08. The van der Waals surface area contributed by atoms with Crippen LogP contribution in [0, 0.1) is 0 Å². The molecule has 0 saturated carbocycles. The number of nitrogen functional groups attached to an aromatic ring is 1. The van der Waals surface area contributed by atoms with Crippen LogP contribution < -0.4 is 5.73 Å². The largest absolute Gasteiger partial charge is 0.383 e. The molecule has 0 bridgehead atoms. The number of nitrogens with zero attached hydrogens (tertiary/aromatic N) is 5. The van der Waals surface area contributed by atoms with Crippen LogP contribution in [0.5, 0.6) is 0 Å². The standard InChI is InChI=1S/C26H28ClFN6O2/c1-2-22(35)33-10-4-7-19(13-33)34-26-23(25(29)30-15-31-26)24(32-34)17-8-9-21(20(27)12-17)36-14-16-5-3-6-18(28)11-16/h2-3,5,8-9,11-12,15,18-21H,1,4,6-7,10,13-14H2,(H2,29,30,31)/t18?,19-,20+,21?/m1/s1. The summed E-state index contributed by atoms with van der Waals surface area (Å²) in [7, 11) is 0. The van der Waals surface area contributed by atoms with E-state index in [1.165, 1.54) is 12.4 Å². The number of carbonyl (C=O) groups is 1. The van der Waals surface area contributed by atoms with Crippen molar-refractivity contribution in [2.75, 3.05) is 25.4 Å². The molecule has 2 N–H and O–H groups in total. The molecule has 2 aliphatic carbocycles. The van der Waals surface area contributed by atoms with Crippen LogP contribution in [0.2, 0.25) is 0 Å². The van der Waals surface area contributed by atoms with Gasteiger partial charge in [0.2, 0.25) is 5.91 Å². The molecule has 2 unspecified atom stereocenters. The molecule has 2 aromatic heterocycles. The highest BCUT2D eigenvalue weighted by molar-refractivity contribution is 6.23. The summed E-state index contributed by atoms with van der Waals surface area (Å²) in [5, 5.41) is 5.09. The maximum atomic E-state index is 13.6. The zero-order chi connectivity index (χ0) is 25.2. The summed E-state index contributed by atoms with van der Waals surface area (Å²) in [6.07, 6.45) is 14.4. The highest BCUT2D eigenvalue weighted by Gasteiger charge is 2.29. The van der Waals surface area contributed by atoms with E-state index >= 15 is 0 Å². The van der Waals surface area contributed by atoms with Crippen molar-refractivity contribution in [1.29, 1.82) is 0 Å². The molecule has 0 aromatic carbocycles. The Hall–Kier alpha value is -3.30. The second-order valence-electron chi connectivity index (χ2n) is 9.13. The Bertz CT molecular complexity index is 1300. The molecule has 0 radical (unpaired) electrons. The first-order chi connectivity index (χ1) is 17.4. The van der Waals surface area contributed by atoms with Gasteiger partial charge in [0.1, 0.15) is 24.0 Å². The zero-order valence-corrected chi connectivity index (χ0v) is 20.5. The van der Waals surface area contributed by atoms with Crippen LogP contribution in [0.4, 0.5) is 10.2 Å². The number of hydrogen-bond acceptors (Lipinski definition) is 6. The summed E-state index contributed by atoms with van der Waals surface area (Å²) in [5.41, 5.74) is 9.11. The second-order valence-corrected chi connectivity index (χ2v) is 9.64. The third-order valence-electron chi connectivity index (χ3n) is 6.67. The van der Waals surface area contributed by atoms with Gasteiger partial charge in [0.15, 0.2) is 5.65 Å². The Balaban J connectivity index is 1.40. The van der Waals surface area contributed by atoms with Crippen LogP contribution in [0.3, 0.4) is 0 Å². The Morgan fingerprint density at radius 3 is 2.97 bits per heavy atom. The maximum Gasteiger partial charge on any atom is 0.246 e. The molecule has 3 heterocycles. The molecule has 3 aliphatic rings. The van der Waals surface area contributed by atoms with Crippen LogP contribution in [-0.4, -0.2) is 67.9 Å². The first-order valence-corrected chi connectivity index (χ1v) is 12.5. The molecule has 5 rings (SSSR count). The Morgan fingerprint density at radius 2 is 2.19 bits per heavy atom. The average molecular weight is 511 g/mol. The molecular formula is C26H28ClFN6O2. The number of alkyl halides is 2. The van der Waals surface area contributed by atoms with Gasteiger partial charge < -0.3 is 15.4 Å². The van der Waals surface area contributed by atoms with E-state index in [2.05, 4.69) is 16.5 Å². The van der Waals surface area contributed by atoms with Crippen molar-refractivity contribution in [1.82, 2.24) is 24.6 Å². The van der Waals surface area contributed by atoms with Gasteiger partial charge in [0.05, 0.1) is 29.5 Å². The van der Waals surface area contributed by atoms with Gasteiger partial charge in [0, 0.05) is 25.1 Å². The van der Waals surface area contributed by atoms with E-state index < -0.39 is 11.5 Å². The molecule has 1 amide bonds. The van der Waals surface area contributed by atoms with Gasteiger partial charge in [0.25, 0.3) is 0 Å². The highest BCUT2D eigenvalue weighted by atomic mass is 35.5. The Morgan fingerprint density at radius 1 is 1.33 bits per heavy atom. The number of halogens is 2. The smallest absolute Gasteiger partial charge is 0.246 e. The van der Waals surface area contributed by atoms with Gasteiger partial charge in [-0.1, -0.05) is 37.0 Å². The number of carbonyl (C=O) groups excluding carboxylic acids is 1. The van der Waals surface area contributed by atoms with Crippen molar-refractivity contribution in [3.8, 4) is 0 Å². The predicted molar refractivity (Wildman–Crippen MR) is 138 cm³/mol. The van der Waals surface area contributed by atoms with Crippen LogP contribution in [-0.2, 0) is 9.53 Å². The van der Waals surface area contributed by atoms with Crippen LogP contribution >= 0.6 is 11.6 Å². The lowest BCUT2D eigenvalue weighted by molar-refractivity contribution is -0.127. The molecule has 10 heteroatoms. The molecule has 1 fully saturated rings. The van der Waals surface area contributed by atoms with Crippen molar-refractivity contribution in [3.05, 3.63) is 66.7 Å². The molecule has 0 spiro atoms. The number of anilines is 1. The van der Waals surface area contributed by atoms with E-state index in [-0.39, 0.29) is 24.7 Å². The summed E-state index contributed by atoms with van der Waals surface area (Å²) in [4.78, 5) is 22.6. The summed E-state index contributed by atoms with van der Waals surface area (Å²) in [6, 6.07) is -0.0552. The number of amides is 1. The van der Waals surface area contributed by atoms with Crippen LogP contribution in [0.15, 0.2) is 61.0 Å². The van der Waals surface area contributed by atoms with E-state index in [1.807, 2.05) is 35.1 Å². The van der Waals surface area contributed by atoms with E-state index in [9.17, 15) is 9.18 Å². The number of piperidine rings is 1. The number of rotatable bonds is 6. The SMILES string of the molecule is C=CC(=O)N1CCC[C@@H](n2nc(C3=C[C@H](Cl)C(OCC4=CC(F)CC=C4)C=C3)c3c(N)ncnc32)C1. The lowest BCUT2D eigenvalue weighted by Crippen LogP contribution is -2.40. The van der Waals surface area contributed by atoms with Gasteiger partial charge in [-0.15, -0.1) is 11.6 Å². The van der Waals surface area contributed by atoms with Crippen molar-refractivity contribution in [2.45, 2.75) is 43.0 Å². The van der Waals surface area contributed by atoms with Crippen molar-refractivity contribution in [3.63, 3.8) is 0 Å². The maximum absolute atomic E-state index is 13.6. The number of nitrogens with two attached hydrogens (primary N) is 1. The predicted octanol–water partition coefficient (Wildman–Crippen LogP) is 3.93. The van der Waals surface area contributed by atoms with E-state index in [4.69, 9.17) is 27.2 Å². The monoisotopic (exact) mass is 510 g/mol. The number of aromatic nitrogens is 4. The van der Waals surface area contributed by atoms with Gasteiger partial charge in [-0.25, -0.2) is 19.0 Å². The van der Waals surface area contributed by atoms with Gasteiger partial charge in [-0.05, 0) is 30.6 Å².